The lowest BCUT2D eigenvalue weighted by molar-refractivity contribution is 0.620. The second-order valence-corrected chi connectivity index (χ2v) is 13.8. The highest BCUT2D eigenvalue weighted by Crippen LogP contribution is 2.48. The molecule has 3 aromatic heterocycles. The number of anilines is 3. The Balaban J connectivity index is 1.15. The molecule has 0 fully saturated rings. The molecule has 0 aliphatic carbocycles. The van der Waals surface area contributed by atoms with Crippen molar-refractivity contribution in [2.45, 2.75) is 0 Å². The molecule has 8 aromatic carbocycles. The number of fused-ring (bicyclic) bond motifs is 10. The average molecular weight is 659 g/mol. The molecular formula is C45H26N2O2S. The molecule has 0 saturated heterocycles. The third-order valence-electron chi connectivity index (χ3n) is 9.86. The Morgan fingerprint density at radius 1 is 0.480 bits per heavy atom. The molecule has 0 N–H and O–H groups in total. The van der Waals surface area contributed by atoms with Crippen molar-refractivity contribution >= 4 is 103 Å². The molecule has 0 bridgehead atoms. The van der Waals surface area contributed by atoms with E-state index in [0.29, 0.717) is 5.89 Å². The van der Waals surface area contributed by atoms with E-state index >= 15 is 0 Å². The van der Waals surface area contributed by atoms with Gasteiger partial charge < -0.3 is 13.7 Å². The molecule has 234 valence electrons. The van der Waals surface area contributed by atoms with Gasteiger partial charge in [0.1, 0.15) is 16.7 Å². The van der Waals surface area contributed by atoms with Gasteiger partial charge in [0.05, 0.1) is 10.4 Å². The van der Waals surface area contributed by atoms with Gasteiger partial charge in [-0.1, -0.05) is 91.0 Å². The lowest BCUT2D eigenvalue weighted by atomic mass is 10.0. The molecule has 0 radical (unpaired) electrons. The van der Waals surface area contributed by atoms with Gasteiger partial charge in [0.2, 0.25) is 5.89 Å². The summed E-state index contributed by atoms with van der Waals surface area (Å²) >= 11 is 1.85. The molecule has 0 saturated carbocycles. The number of furan rings is 1. The van der Waals surface area contributed by atoms with Crippen molar-refractivity contribution in [3.05, 3.63) is 158 Å². The van der Waals surface area contributed by atoms with Crippen LogP contribution in [0.4, 0.5) is 17.1 Å². The molecule has 0 amide bonds. The van der Waals surface area contributed by atoms with Crippen LogP contribution in [-0.2, 0) is 0 Å². The Labute approximate surface area is 290 Å². The maximum atomic E-state index is 6.61. The van der Waals surface area contributed by atoms with Crippen LogP contribution >= 0.6 is 11.3 Å². The van der Waals surface area contributed by atoms with Crippen molar-refractivity contribution in [3.8, 4) is 11.5 Å². The van der Waals surface area contributed by atoms with E-state index in [2.05, 4.69) is 126 Å². The molecule has 5 heteroatoms. The fourth-order valence-electron chi connectivity index (χ4n) is 7.59. The topological polar surface area (TPSA) is 42.4 Å². The fraction of sp³-hybridized carbons (Fsp3) is 0. The molecule has 4 nitrogen and oxygen atoms in total. The summed E-state index contributed by atoms with van der Waals surface area (Å²) in [7, 11) is 0. The number of para-hydroxylation sites is 2. The highest BCUT2D eigenvalue weighted by Gasteiger charge is 2.22. The van der Waals surface area contributed by atoms with Gasteiger partial charge in [-0.2, -0.15) is 0 Å². The summed E-state index contributed by atoms with van der Waals surface area (Å²) in [6.07, 6.45) is 0. The lowest BCUT2D eigenvalue weighted by Crippen LogP contribution is -2.10. The van der Waals surface area contributed by atoms with Crippen LogP contribution in [0.25, 0.3) is 86.2 Å². The molecule has 0 atom stereocenters. The van der Waals surface area contributed by atoms with Crippen LogP contribution in [0.3, 0.4) is 0 Å². The molecule has 0 spiro atoms. The number of benzene rings is 8. The van der Waals surface area contributed by atoms with E-state index in [1.807, 2.05) is 47.7 Å². The van der Waals surface area contributed by atoms with Crippen molar-refractivity contribution < 1.29 is 8.83 Å². The van der Waals surface area contributed by atoms with E-state index in [0.717, 1.165) is 55.7 Å². The van der Waals surface area contributed by atoms with Gasteiger partial charge in [-0.05, 0) is 82.2 Å². The average Bonchev–Trinajstić information content (AvgIpc) is 3.88. The van der Waals surface area contributed by atoms with Crippen molar-refractivity contribution in [1.29, 1.82) is 0 Å². The number of aromatic nitrogens is 1. The van der Waals surface area contributed by atoms with Gasteiger partial charge in [0.15, 0.2) is 5.58 Å². The first-order chi connectivity index (χ1) is 24.8. The Kier molecular flexibility index (Phi) is 5.80. The summed E-state index contributed by atoms with van der Waals surface area (Å²) in [4.78, 5) is 7.20. The predicted octanol–water partition coefficient (Wildman–Crippen LogP) is 13.5. The van der Waals surface area contributed by atoms with E-state index < -0.39 is 0 Å². The quantitative estimate of drug-likeness (QED) is 0.189. The summed E-state index contributed by atoms with van der Waals surface area (Å²) in [5.41, 5.74) is 7.36. The third kappa shape index (κ3) is 4.08. The standard InChI is InChI=1S/C45H26N2O2S/c1-2-11-29-25-30(21-19-27(29)9-1)47(37-16-7-13-34-43-32-12-4-3-10-28(32)20-24-41(43)50-44(34)37)31-22-23-33-40(26-31)48-39-18-8-14-35(42(33)39)45-46-36-15-5-6-17-38(36)49-45/h1-26H. The predicted molar refractivity (Wildman–Crippen MR) is 209 cm³/mol. The largest absolute Gasteiger partial charge is 0.456 e. The van der Waals surface area contributed by atoms with Crippen LogP contribution in [0, 0.1) is 0 Å². The van der Waals surface area contributed by atoms with E-state index in [9.17, 15) is 0 Å². The monoisotopic (exact) mass is 658 g/mol. The number of oxazole rings is 1. The van der Waals surface area contributed by atoms with Crippen molar-refractivity contribution in [2.75, 3.05) is 4.90 Å². The smallest absolute Gasteiger partial charge is 0.228 e. The van der Waals surface area contributed by atoms with Gasteiger partial charge in [-0.3, -0.25) is 0 Å². The first-order valence-corrected chi connectivity index (χ1v) is 17.5. The summed E-state index contributed by atoms with van der Waals surface area (Å²) in [5.74, 6) is 0.588. The zero-order chi connectivity index (χ0) is 32.8. The van der Waals surface area contributed by atoms with Crippen LogP contribution in [-0.4, -0.2) is 4.98 Å². The highest BCUT2D eigenvalue weighted by atomic mass is 32.1. The van der Waals surface area contributed by atoms with Gasteiger partial charge in [0.25, 0.3) is 0 Å². The summed E-state index contributed by atoms with van der Waals surface area (Å²) in [6.45, 7) is 0. The van der Waals surface area contributed by atoms with Crippen molar-refractivity contribution in [2.24, 2.45) is 0 Å². The van der Waals surface area contributed by atoms with E-state index in [4.69, 9.17) is 13.8 Å². The Bertz CT molecular complexity index is 3100. The van der Waals surface area contributed by atoms with Crippen molar-refractivity contribution in [1.82, 2.24) is 4.98 Å². The fourth-order valence-corrected chi connectivity index (χ4v) is 8.81. The second-order valence-electron chi connectivity index (χ2n) is 12.7. The molecule has 0 aliphatic rings. The molecule has 0 unspecified atom stereocenters. The zero-order valence-corrected chi connectivity index (χ0v) is 27.4. The van der Waals surface area contributed by atoms with Crippen LogP contribution < -0.4 is 4.90 Å². The maximum Gasteiger partial charge on any atom is 0.228 e. The number of thiophene rings is 1. The van der Waals surface area contributed by atoms with Crippen LogP contribution in [0.1, 0.15) is 0 Å². The van der Waals surface area contributed by atoms with Gasteiger partial charge in [-0.25, -0.2) is 4.98 Å². The molecular weight excluding hydrogens is 633 g/mol. The van der Waals surface area contributed by atoms with E-state index in [-0.39, 0.29) is 0 Å². The molecule has 50 heavy (non-hydrogen) atoms. The van der Waals surface area contributed by atoms with E-state index in [1.54, 1.807) is 0 Å². The SMILES string of the molecule is c1ccc2cc(N(c3ccc4c(c3)oc3cccc(-c5nc6ccccc6o5)c34)c3cccc4c3sc3ccc5ccccc5c34)ccc2c1. The first kappa shape index (κ1) is 27.5. The first-order valence-electron chi connectivity index (χ1n) is 16.7. The minimum atomic E-state index is 0.588. The Hall–Kier alpha value is -6.43. The third-order valence-corrected chi connectivity index (χ3v) is 11.1. The van der Waals surface area contributed by atoms with Gasteiger partial charge in [0, 0.05) is 49.2 Å². The Morgan fingerprint density at radius 2 is 1.22 bits per heavy atom. The van der Waals surface area contributed by atoms with Crippen LogP contribution in [0.15, 0.2) is 167 Å². The highest BCUT2D eigenvalue weighted by molar-refractivity contribution is 7.26. The summed E-state index contributed by atoms with van der Waals surface area (Å²) < 4.78 is 15.4. The number of rotatable bonds is 4. The normalized spacial score (nSPS) is 12.0. The molecule has 11 aromatic rings. The number of nitrogens with zero attached hydrogens (tertiary/aromatic N) is 2. The molecule has 11 rings (SSSR count). The maximum absolute atomic E-state index is 6.61. The molecule has 3 heterocycles. The van der Waals surface area contributed by atoms with Gasteiger partial charge >= 0.3 is 0 Å². The number of hydrogen-bond donors (Lipinski definition) is 0. The summed E-state index contributed by atoms with van der Waals surface area (Å²) in [5, 5.41) is 9.52. The van der Waals surface area contributed by atoms with Crippen LogP contribution in [0.5, 0.6) is 0 Å². The van der Waals surface area contributed by atoms with Gasteiger partial charge in [-0.15, -0.1) is 11.3 Å². The minimum absolute atomic E-state index is 0.588. The minimum Gasteiger partial charge on any atom is -0.456 e. The van der Waals surface area contributed by atoms with Crippen LogP contribution in [0.2, 0.25) is 0 Å². The summed E-state index contributed by atoms with van der Waals surface area (Å²) in [6, 6.07) is 55.6. The Morgan fingerprint density at radius 3 is 2.16 bits per heavy atom. The van der Waals surface area contributed by atoms with Crippen molar-refractivity contribution in [3.63, 3.8) is 0 Å². The lowest BCUT2D eigenvalue weighted by Gasteiger charge is -2.26. The molecule has 0 aliphatic heterocycles. The zero-order valence-electron chi connectivity index (χ0n) is 26.6. The second kappa shape index (κ2) is 10.5. The number of hydrogen-bond acceptors (Lipinski definition) is 5. The van der Waals surface area contributed by atoms with E-state index in [1.165, 1.54) is 41.7 Å².